The minimum atomic E-state index is -0.370. The lowest BCUT2D eigenvalue weighted by atomic mass is 10.0. The summed E-state index contributed by atoms with van der Waals surface area (Å²) in [6, 6.07) is 22.2. The summed E-state index contributed by atoms with van der Waals surface area (Å²) in [5.74, 6) is -0.843. The van der Waals surface area contributed by atoms with Gasteiger partial charge in [0.05, 0.1) is 5.69 Å². The number of carbonyl (C=O) groups excluding carboxylic acids is 2. The van der Waals surface area contributed by atoms with Crippen molar-refractivity contribution in [3.8, 4) is 5.75 Å². The van der Waals surface area contributed by atoms with Gasteiger partial charge in [-0.1, -0.05) is 24.3 Å². The molecule has 0 unspecified atom stereocenters. The SMILES string of the molecule is CCN(C(=O)c1cc2cc(NC(=O)c3cc4cc(F)ccc4[nH]3)ccc2[nH]1)c1cc(O)c2ccccc2c1C. The number of anilines is 2. The molecule has 4 aromatic carbocycles. The Bertz CT molecular complexity index is 1920. The van der Waals surface area contributed by atoms with Gasteiger partial charge in [-0.25, -0.2) is 4.39 Å². The summed E-state index contributed by atoms with van der Waals surface area (Å²) in [6.45, 7) is 4.23. The topological polar surface area (TPSA) is 101 Å². The number of rotatable bonds is 5. The monoisotopic (exact) mass is 520 g/mol. The number of hydrogen-bond donors (Lipinski definition) is 4. The zero-order valence-corrected chi connectivity index (χ0v) is 21.3. The predicted octanol–water partition coefficient (Wildman–Crippen LogP) is 6.87. The van der Waals surface area contributed by atoms with Crippen molar-refractivity contribution < 1.29 is 19.1 Å². The van der Waals surface area contributed by atoms with E-state index >= 15 is 0 Å². The lowest BCUT2D eigenvalue weighted by molar-refractivity contribution is 0.0982. The van der Waals surface area contributed by atoms with Crippen molar-refractivity contribution in [1.82, 2.24) is 9.97 Å². The second kappa shape index (κ2) is 9.33. The van der Waals surface area contributed by atoms with Crippen LogP contribution in [0.1, 0.15) is 33.5 Å². The van der Waals surface area contributed by atoms with Gasteiger partial charge in [0.1, 0.15) is 23.0 Å². The molecule has 194 valence electrons. The van der Waals surface area contributed by atoms with Crippen LogP contribution in [0.5, 0.6) is 5.75 Å². The average Bonchev–Trinajstić information content (AvgIpc) is 3.55. The van der Waals surface area contributed by atoms with Crippen molar-refractivity contribution in [3.63, 3.8) is 0 Å². The van der Waals surface area contributed by atoms with Crippen LogP contribution in [0.25, 0.3) is 32.6 Å². The Labute approximate surface area is 222 Å². The summed E-state index contributed by atoms with van der Waals surface area (Å²) in [4.78, 5) is 34.3. The largest absolute Gasteiger partial charge is 0.507 e. The maximum Gasteiger partial charge on any atom is 0.274 e. The number of aromatic amines is 2. The summed E-state index contributed by atoms with van der Waals surface area (Å²) < 4.78 is 13.5. The highest BCUT2D eigenvalue weighted by Gasteiger charge is 2.22. The molecule has 0 aliphatic heterocycles. The van der Waals surface area contributed by atoms with Crippen LogP contribution < -0.4 is 10.2 Å². The lowest BCUT2D eigenvalue weighted by Crippen LogP contribution is -2.31. The molecule has 8 heteroatoms. The van der Waals surface area contributed by atoms with E-state index in [4.69, 9.17) is 0 Å². The van der Waals surface area contributed by atoms with E-state index in [9.17, 15) is 19.1 Å². The van der Waals surface area contributed by atoms with Crippen LogP contribution in [-0.4, -0.2) is 33.4 Å². The van der Waals surface area contributed by atoms with Crippen molar-refractivity contribution in [2.24, 2.45) is 0 Å². The fourth-order valence-corrected chi connectivity index (χ4v) is 5.09. The third kappa shape index (κ3) is 4.25. The number of aryl methyl sites for hydroxylation is 1. The molecule has 6 aromatic rings. The normalized spacial score (nSPS) is 11.4. The third-order valence-electron chi connectivity index (χ3n) is 7.05. The van der Waals surface area contributed by atoms with Gasteiger partial charge in [0.2, 0.25) is 0 Å². The average molecular weight is 521 g/mol. The van der Waals surface area contributed by atoms with E-state index in [1.807, 2.05) is 38.1 Å². The Morgan fingerprint density at radius 3 is 2.31 bits per heavy atom. The predicted molar refractivity (Wildman–Crippen MR) is 152 cm³/mol. The van der Waals surface area contributed by atoms with Crippen LogP contribution in [0.3, 0.4) is 0 Å². The van der Waals surface area contributed by atoms with Crippen LogP contribution in [0.15, 0.2) is 78.9 Å². The summed E-state index contributed by atoms with van der Waals surface area (Å²) in [6.07, 6.45) is 0. The molecule has 6 rings (SSSR count). The minimum Gasteiger partial charge on any atom is -0.507 e. The molecule has 0 atom stereocenters. The fourth-order valence-electron chi connectivity index (χ4n) is 5.09. The fraction of sp³-hybridized carbons (Fsp3) is 0.0968. The van der Waals surface area contributed by atoms with Gasteiger partial charge in [0.15, 0.2) is 0 Å². The van der Waals surface area contributed by atoms with Crippen LogP contribution >= 0.6 is 0 Å². The second-order valence-electron chi connectivity index (χ2n) is 9.49. The van der Waals surface area contributed by atoms with Crippen LogP contribution in [0, 0.1) is 12.7 Å². The standard InChI is InChI=1S/C31H25FN4O3/c1-3-36(28-16-29(37)23-7-5-4-6-22(23)17(28)2)31(39)27-15-19-13-21(9-11-25(19)35-27)33-30(38)26-14-18-12-20(32)8-10-24(18)34-26/h4-16,34-35,37H,3H2,1-2H3,(H,33,38). The van der Waals surface area contributed by atoms with Gasteiger partial charge in [-0.05, 0) is 73.3 Å². The number of halogens is 1. The highest BCUT2D eigenvalue weighted by Crippen LogP contribution is 2.36. The summed E-state index contributed by atoms with van der Waals surface area (Å²) in [7, 11) is 0. The Morgan fingerprint density at radius 2 is 1.54 bits per heavy atom. The first-order chi connectivity index (χ1) is 18.8. The first-order valence-corrected chi connectivity index (χ1v) is 12.6. The van der Waals surface area contributed by atoms with Gasteiger partial charge in [-0.2, -0.15) is 0 Å². The van der Waals surface area contributed by atoms with E-state index in [1.54, 1.807) is 47.4 Å². The molecular formula is C31H25FN4O3. The summed E-state index contributed by atoms with van der Waals surface area (Å²) in [5, 5.41) is 16.5. The molecule has 2 aromatic heterocycles. The number of H-pyrrole nitrogens is 2. The molecule has 7 nitrogen and oxygen atoms in total. The smallest absolute Gasteiger partial charge is 0.274 e. The molecule has 39 heavy (non-hydrogen) atoms. The molecule has 0 saturated heterocycles. The van der Waals surface area contributed by atoms with Gasteiger partial charge < -0.3 is 25.3 Å². The number of nitrogens with one attached hydrogen (secondary N) is 3. The third-order valence-corrected chi connectivity index (χ3v) is 7.05. The lowest BCUT2D eigenvalue weighted by Gasteiger charge is -2.24. The zero-order valence-electron chi connectivity index (χ0n) is 21.3. The van der Waals surface area contributed by atoms with Gasteiger partial charge in [0.25, 0.3) is 11.8 Å². The molecule has 4 N–H and O–H groups in total. The number of aromatic hydroxyl groups is 1. The Kier molecular flexibility index (Phi) is 5.80. The molecule has 0 fully saturated rings. The van der Waals surface area contributed by atoms with Gasteiger partial charge in [-0.15, -0.1) is 0 Å². The van der Waals surface area contributed by atoms with E-state index in [1.165, 1.54) is 12.1 Å². The number of aromatic nitrogens is 2. The molecule has 0 saturated carbocycles. The quantitative estimate of drug-likeness (QED) is 0.199. The van der Waals surface area contributed by atoms with Crippen molar-refractivity contribution >= 4 is 55.8 Å². The molecular weight excluding hydrogens is 495 g/mol. The van der Waals surface area contributed by atoms with E-state index in [2.05, 4.69) is 15.3 Å². The first-order valence-electron chi connectivity index (χ1n) is 12.6. The molecule has 0 bridgehead atoms. The van der Waals surface area contributed by atoms with Gasteiger partial charge >= 0.3 is 0 Å². The van der Waals surface area contributed by atoms with Crippen LogP contribution in [0.2, 0.25) is 0 Å². The number of benzene rings is 4. The Morgan fingerprint density at radius 1 is 0.872 bits per heavy atom. The summed E-state index contributed by atoms with van der Waals surface area (Å²) in [5.41, 5.74) is 4.21. The van der Waals surface area contributed by atoms with Crippen molar-refractivity contribution in [2.75, 3.05) is 16.8 Å². The molecule has 2 amide bonds. The van der Waals surface area contributed by atoms with Gasteiger partial charge in [0, 0.05) is 45.5 Å². The summed E-state index contributed by atoms with van der Waals surface area (Å²) >= 11 is 0. The minimum absolute atomic E-state index is 0.120. The highest BCUT2D eigenvalue weighted by atomic mass is 19.1. The second-order valence-corrected chi connectivity index (χ2v) is 9.49. The molecule has 2 heterocycles. The molecule has 0 radical (unpaired) electrons. The highest BCUT2D eigenvalue weighted by molar-refractivity contribution is 6.10. The maximum absolute atomic E-state index is 13.6. The number of phenolic OH excluding ortho intramolecular Hbond substituents is 1. The van der Waals surface area contributed by atoms with E-state index in [0.717, 1.165) is 27.2 Å². The first kappa shape index (κ1) is 24.2. The number of hydrogen-bond acceptors (Lipinski definition) is 3. The molecule has 0 aliphatic rings. The number of phenols is 1. The van der Waals surface area contributed by atoms with E-state index in [0.29, 0.717) is 40.2 Å². The van der Waals surface area contributed by atoms with Crippen molar-refractivity contribution in [1.29, 1.82) is 0 Å². The number of carbonyl (C=O) groups is 2. The van der Waals surface area contributed by atoms with Crippen molar-refractivity contribution in [2.45, 2.75) is 13.8 Å². The Hall–Kier alpha value is -5.11. The Balaban J connectivity index is 1.28. The number of fused-ring (bicyclic) bond motifs is 3. The zero-order chi connectivity index (χ0) is 27.3. The van der Waals surface area contributed by atoms with Gasteiger partial charge in [-0.3, -0.25) is 9.59 Å². The number of nitrogens with zero attached hydrogens (tertiary/aromatic N) is 1. The molecule has 0 aliphatic carbocycles. The van der Waals surface area contributed by atoms with E-state index < -0.39 is 0 Å². The maximum atomic E-state index is 13.6. The van der Waals surface area contributed by atoms with Crippen molar-refractivity contribution in [3.05, 3.63) is 102 Å². The van der Waals surface area contributed by atoms with Crippen LogP contribution in [0.4, 0.5) is 15.8 Å². The van der Waals surface area contributed by atoms with Crippen LogP contribution in [-0.2, 0) is 0 Å². The number of amides is 2. The van der Waals surface area contributed by atoms with E-state index in [-0.39, 0.29) is 23.4 Å². The molecule has 0 spiro atoms.